The molecule has 0 aliphatic heterocycles. The van der Waals surface area contributed by atoms with Crippen molar-refractivity contribution in [2.45, 2.75) is 44.6 Å². The van der Waals surface area contributed by atoms with Crippen LogP contribution in [0.15, 0.2) is 53.4 Å². The van der Waals surface area contributed by atoms with Gasteiger partial charge in [0.1, 0.15) is 5.01 Å². The van der Waals surface area contributed by atoms with Crippen molar-refractivity contribution in [3.05, 3.63) is 59.7 Å². The number of amides is 1. The first-order valence-corrected chi connectivity index (χ1v) is 11.8. The molecule has 1 amide bonds. The van der Waals surface area contributed by atoms with Crippen molar-refractivity contribution in [1.29, 1.82) is 0 Å². The fourth-order valence-electron chi connectivity index (χ4n) is 2.73. The van der Waals surface area contributed by atoms with Gasteiger partial charge in [0.05, 0.1) is 4.90 Å². The van der Waals surface area contributed by atoms with E-state index in [0.717, 1.165) is 5.56 Å². The number of anilines is 1. The summed E-state index contributed by atoms with van der Waals surface area (Å²) in [5.41, 5.74) is 2.51. The second kappa shape index (κ2) is 9.03. The van der Waals surface area contributed by atoms with Gasteiger partial charge in [-0.1, -0.05) is 49.4 Å². The SMILES string of the molecule is CC(C)NS(=O)(=O)c1ccc(C(=O)Nc2nnc(-c3ccc(C(C)C)cc3)s2)cc1. The molecule has 0 atom stereocenters. The van der Waals surface area contributed by atoms with E-state index in [9.17, 15) is 13.2 Å². The summed E-state index contributed by atoms with van der Waals surface area (Å²) in [6.45, 7) is 7.76. The molecular formula is C21H24N4O3S2. The van der Waals surface area contributed by atoms with Gasteiger partial charge in [-0.3, -0.25) is 10.1 Å². The minimum Gasteiger partial charge on any atom is -0.296 e. The summed E-state index contributed by atoms with van der Waals surface area (Å²) in [5.74, 6) is 0.0690. The molecule has 1 heterocycles. The maximum absolute atomic E-state index is 12.5. The summed E-state index contributed by atoms with van der Waals surface area (Å²) in [6, 6.07) is 13.6. The molecule has 0 spiro atoms. The second-order valence-corrected chi connectivity index (χ2v) is 10.1. The van der Waals surface area contributed by atoms with Crippen molar-refractivity contribution in [3.8, 4) is 10.6 Å². The Morgan fingerprint density at radius 1 is 0.933 bits per heavy atom. The van der Waals surface area contributed by atoms with Gasteiger partial charge in [-0.05, 0) is 49.6 Å². The van der Waals surface area contributed by atoms with E-state index in [1.165, 1.54) is 41.2 Å². The van der Waals surface area contributed by atoms with Crippen LogP contribution in [0.4, 0.5) is 5.13 Å². The molecular weight excluding hydrogens is 420 g/mol. The Hall–Kier alpha value is -2.62. The quantitative estimate of drug-likeness (QED) is 0.567. The molecule has 0 bridgehead atoms. The zero-order chi connectivity index (χ0) is 21.9. The van der Waals surface area contributed by atoms with E-state index in [4.69, 9.17) is 0 Å². The van der Waals surface area contributed by atoms with Crippen LogP contribution >= 0.6 is 11.3 Å². The van der Waals surface area contributed by atoms with Crippen molar-refractivity contribution in [2.24, 2.45) is 0 Å². The highest BCUT2D eigenvalue weighted by atomic mass is 32.2. The van der Waals surface area contributed by atoms with Gasteiger partial charge in [0.2, 0.25) is 15.2 Å². The van der Waals surface area contributed by atoms with E-state index >= 15 is 0 Å². The van der Waals surface area contributed by atoms with Crippen molar-refractivity contribution < 1.29 is 13.2 Å². The van der Waals surface area contributed by atoms with Crippen LogP contribution in [0, 0.1) is 0 Å². The van der Waals surface area contributed by atoms with E-state index in [2.05, 4.69) is 46.2 Å². The molecule has 0 aliphatic rings. The third-order valence-electron chi connectivity index (χ3n) is 4.29. The Morgan fingerprint density at radius 2 is 1.57 bits per heavy atom. The highest BCUT2D eigenvalue weighted by Crippen LogP contribution is 2.28. The van der Waals surface area contributed by atoms with Crippen LogP contribution in [0.25, 0.3) is 10.6 Å². The lowest BCUT2D eigenvalue weighted by atomic mass is 10.0. The minimum absolute atomic E-state index is 0.107. The topological polar surface area (TPSA) is 101 Å². The number of benzene rings is 2. The van der Waals surface area contributed by atoms with Crippen LogP contribution in [0.3, 0.4) is 0 Å². The van der Waals surface area contributed by atoms with Crippen molar-refractivity contribution in [3.63, 3.8) is 0 Å². The molecule has 30 heavy (non-hydrogen) atoms. The number of nitrogens with zero attached hydrogens (tertiary/aromatic N) is 2. The Labute approximate surface area is 180 Å². The Bertz CT molecular complexity index is 1120. The number of nitrogens with one attached hydrogen (secondary N) is 2. The maximum atomic E-state index is 12.5. The molecule has 0 radical (unpaired) electrons. The first-order valence-electron chi connectivity index (χ1n) is 9.53. The van der Waals surface area contributed by atoms with Gasteiger partial charge >= 0.3 is 0 Å². The van der Waals surface area contributed by atoms with Gasteiger partial charge in [0, 0.05) is 17.2 Å². The number of hydrogen-bond donors (Lipinski definition) is 2. The van der Waals surface area contributed by atoms with E-state index in [0.29, 0.717) is 21.6 Å². The molecule has 3 rings (SSSR count). The second-order valence-electron chi connectivity index (χ2n) is 7.44. The Kier molecular flexibility index (Phi) is 6.64. The third-order valence-corrected chi connectivity index (χ3v) is 6.85. The molecule has 0 saturated carbocycles. The van der Waals surface area contributed by atoms with Crippen LogP contribution in [-0.2, 0) is 10.0 Å². The zero-order valence-electron chi connectivity index (χ0n) is 17.2. The van der Waals surface area contributed by atoms with Crippen molar-refractivity contribution >= 4 is 32.4 Å². The number of sulfonamides is 1. The van der Waals surface area contributed by atoms with Gasteiger partial charge < -0.3 is 0 Å². The lowest BCUT2D eigenvalue weighted by Gasteiger charge is -2.09. The lowest BCUT2D eigenvalue weighted by molar-refractivity contribution is 0.102. The molecule has 0 aliphatic carbocycles. The molecule has 3 aromatic rings. The molecule has 1 aromatic heterocycles. The van der Waals surface area contributed by atoms with Gasteiger partial charge in [-0.25, -0.2) is 13.1 Å². The highest BCUT2D eigenvalue weighted by molar-refractivity contribution is 7.89. The predicted octanol–water partition coefficient (Wildman–Crippen LogP) is 4.27. The first-order chi connectivity index (χ1) is 14.2. The van der Waals surface area contributed by atoms with Gasteiger partial charge in [0.25, 0.3) is 5.91 Å². The van der Waals surface area contributed by atoms with Crippen LogP contribution in [0.2, 0.25) is 0 Å². The lowest BCUT2D eigenvalue weighted by Crippen LogP contribution is -2.30. The molecule has 0 fully saturated rings. The smallest absolute Gasteiger partial charge is 0.257 e. The van der Waals surface area contributed by atoms with Crippen LogP contribution in [-0.4, -0.2) is 30.6 Å². The van der Waals surface area contributed by atoms with E-state index < -0.39 is 10.0 Å². The summed E-state index contributed by atoms with van der Waals surface area (Å²) in [6.07, 6.45) is 0. The van der Waals surface area contributed by atoms with Gasteiger partial charge in [-0.2, -0.15) is 0 Å². The predicted molar refractivity (Wildman–Crippen MR) is 119 cm³/mol. The molecule has 158 valence electrons. The normalized spacial score (nSPS) is 11.8. The number of aromatic nitrogens is 2. The largest absolute Gasteiger partial charge is 0.296 e. The number of hydrogen-bond acceptors (Lipinski definition) is 6. The summed E-state index contributed by atoms with van der Waals surface area (Å²) in [4.78, 5) is 12.6. The van der Waals surface area contributed by atoms with E-state index in [-0.39, 0.29) is 16.8 Å². The Balaban J connectivity index is 1.69. The fraction of sp³-hybridized carbons (Fsp3) is 0.286. The maximum Gasteiger partial charge on any atom is 0.257 e. The minimum atomic E-state index is -3.60. The number of carbonyl (C=O) groups excluding carboxylic acids is 1. The average molecular weight is 445 g/mol. The number of carbonyl (C=O) groups is 1. The van der Waals surface area contributed by atoms with Crippen LogP contribution < -0.4 is 10.0 Å². The summed E-state index contributed by atoms with van der Waals surface area (Å²) in [5, 5.41) is 12.0. The molecule has 0 unspecified atom stereocenters. The van der Waals surface area contributed by atoms with E-state index in [1.807, 2.05) is 12.1 Å². The summed E-state index contributed by atoms with van der Waals surface area (Å²) in [7, 11) is -3.60. The molecule has 2 aromatic carbocycles. The van der Waals surface area contributed by atoms with Gasteiger partial charge in [0.15, 0.2) is 0 Å². The van der Waals surface area contributed by atoms with Crippen molar-refractivity contribution in [2.75, 3.05) is 5.32 Å². The fourth-order valence-corrected chi connectivity index (χ4v) is 4.73. The van der Waals surface area contributed by atoms with E-state index in [1.54, 1.807) is 13.8 Å². The zero-order valence-corrected chi connectivity index (χ0v) is 18.8. The Morgan fingerprint density at radius 3 is 2.13 bits per heavy atom. The van der Waals surface area contributed by atoms with Gasteiger partial charge in [-0.15, -0.1) is 10.2 Å². The molecule has 2 N–H and O–H groups in total. The monoisotopic (exact) mass is 444 g/mol. The molecule has 0 saturated heterocycles. The van der Waals surface area contributed by atoms with Crippen LogP contribution in [0.5, 0.6) is 0 Å². The molecule has 7 nitrogen and oxygen atoms in total. The third kappa shape index (κ3) is 5.29. The summed E-state index contributed by atoms with van der Waals surface area (Å²) >= 11 is 1.28. The summed E-state index contributed by atoms with van der Waals surface area (Å²) < 4.78 is 26.9. The first kappa shape index (κ1) is 22.1. The number of rotatable bonds is 7. The standard InChI is InChI=1S/C21H24N4O3S2/c1-13(2)15-5-7-17(8-6-15)20-23-24-21(29-20)22-19(26)16-9-11-18(12-10-16)30(27,28)25-14(3)4/h5-14,25H,1-4H3,(H,22,24,26). The molecule has 9 heteroatoms. The average Bonchev–Trinajstić information content (AvgIpc) is 3.15. The van der Waals surface area contributed by atoms with Crippen molar-refractivity contribution in [1.82, 2.24) is 14.9 Å². The van der Waals surface area contributed by atoms with Crippen LogP contribution in [0.1, 0.15) is 49.5 Å². The highest BCUT2D eigenvalue weighted by Gasteiger charge is 2.17.